The average Bonchev–Trinajstić information content (AvgIpc) is 2.24. The summed E-state index contributed by atoms with van der Waals surface area (Å²) in [6.45, 7) is 2.80. The molecule has 0 rings (SSSR count). The lowest BCUT2D eigenvalue weighted by Crippen LogP contribution is -2.27. The third-order valence-electron chi connectivity index (χ3n) is 2.83. The van der Waals surface area contributed by atoms with Crippen LogP contribution in [0.25, 0.3) is 0 Å². The maximum Gasteiger partial charge on any atom is 0.307 e. The third kappa shape index (κ3) is 7.13. The van der Waals surface area contributed by atoms with E-state index in [1.165, 1.54) is 6.08 Å². The van der Waals surface area contributed by atoms with Crippen molar-refractivity contribution in [1.82, 2.24) is 0 Å². The van der Waals surface area contributed by atoms with Gasteiger partial charge >= 0.3 is 11.9 Å². The fourth-order valence-corrected chi connectivity index (χ4v) is 3.34. The standard InChI is InChI=1S/C12H21O6P/c1-3-6-10(19(2,17)18)9(12(15)16)7-4-5-8-11(13)14/h3,6,9-10H,4-5,7-8H2,1-2H3,(H,13,14)(H,15,16)(H,17,18)/b6-3+. The number of aliphatic carboxylic acids is 2. The molecule has 0 fully saturated rings. The number of carboxylic acid groups (broad SMARTS) is 2. The van der Waals surface area contributed by atoms with Gasteiger partial charge in [-0.15, -0.1) is 0 Å². The lowest BCUT2D eigenvalue weighted by molar-refractivity contribution is -0.141. The first-order chi connectivity index (χ1) is 8.70. The zero-order valence-electron chi connectivity index (χ0n) is 11.2. The molecule has 0 aliphatic carbocycles. The van der Waals surface area contributed by atoms with Crippen LogP contribution in [0, 0.1) is 5.92 Å². The Morgan fingerprint density at radius 1 is 1.26 bits per heavy atom. The van der Waals surface area contributed by atoms with Crippen LogP contribution in [0.3, 0.4) is 0 Å². The van der Waals surface area contributed by atoms with Crippen LogP contribution in [0.15, 0.2) is 12.2 Å². The zero-order valence-corrected chi connectivity index (χ0v) is 12.0. The molecule has 0 aromatic carbocycles. The SMILES string of the molecule is C/C=C/C(C(CCCCC(=O)O)C(=O)O)P(C)(=O)O. The van der Waals surface area contributed by atoms with Gasteiger partial charge in [0, 0.05) is 13.1 Å². The Morgan fingerprint density at radius 2 is 1.84 bits per heavy atom. The monoisotopic (exact) mass is 292 g/mol. The van der Waals surface area contributed by atoms with Crippen LogP contribution in [0.2, 0.25) is 0 Å². The molecule has 0 heterocycles. The molecule has 0 aliphatic heterocycles. The summed E-state index contributed by atoms with van der Waals surface area (Å²) in [6, 6.07) is 0. The maximum atomic E-state index is 11.7. The number of hydrogen-bond acceptors (Lipinski definition) is 3. The quantitative estimate of drug-likeness (QED) is 0.341. The van der Waals surface area contributed by atoms with Gasteiger partial charge in [-0.1, -0.05) is 18.6 Å². The van der Waals surface area contributed by atoms with Crippen LogP contribution in [0.4, 0.5) is 0 Å². The molecule has 0 aromatic heterocycles. The van der Waals surface area contributed by atoms with Gasteiger partial charge in [0.25, 0.3) is 0 Å². The fourth-order valence-electron chi connectivity index (χ4n) is 1.91. The molecule has 19 heavy (non-hydrogen) atoms. The number of carbonyl (C=O) groups is 2. The Balaban J connectivity index is 4.73. The summed E-state index contributed by atoms with van der Waals surface area (Å²) in [7, 11) is -3.55. The topological polar surface area (TPSA) is 112 Å². The van der Waals surface area contributed by atoms with Crippen molar-refractivity contribution in [3.05, 3.63) is 12.2 Å². The number of carboxylic acids is 2. The Bertz CT molecular complexity index is 384. The van der Waals surface area contributed by atoms with Crippen LogP contribution < -0.4 is 0 Å². The second kappa shape index (κ2) is 8.12. The van der Waals surface area contributed by atoms with Crippen molar-refractivity contribution in [2.75, 3.05) is 6.66 Å². The summed E-state index contributed by atoms with van der Waals surface area (Å²) >= 11 is 0. The first-order valence-electron chi connectivity index (χ1n) is 6.07. The van der Waals surface area contributed by atoms with Crippen LogP contribution >= 0.6 is 7.37 Å². The summed E-state index contributed by atoms with van der Waals surface area (Å²) in [6.07, 6.45) is 3.93. The minimum atomic E-state index is -3.55. The molecule has 3 atom stereocenters. The Kier molecular flexibility index (Phi) is 7.64. The Hall–Kier alpha value is -1.13. The van der Waals surface area contributed by atoms with Crippen molar-refractivity contribution in [3.8, 4) is 0 Å². The Labute approximate surface area is 112 Å². The van der Waals surface area contributed by atoms with Gasteiger partial charge in [-0.05, 0) is 19.8 Å². The van der Waals surface area contributed by atoms with Crippen molar-refractivity contribution in [3.63, 3.8) is 0 Å². The summed E-state index contributed by atoms with van der Waals surface area (Å²) in [5.74, 6) is -3.03. The molecular weight excluding hydrogens is 271 g/mol. The minimum Gasteiger partial charge on any atom is -0.481 e. The zero-order chi connectivity index (χ0) is 15.1. The van der Waals surface area contributed by atoms with E-state index in [2.05, 4.69) is 0 Å². The summed E-state index contributed by atoms with van der Waals surface area (Å²) in [4.78, 5) is 31.2. The second-order valence-corrected chi connectivity index (χ2v) is 7.03. The van der Waals surface area contributed by atoms with E-state index >= 15 is 0 Å². The second-order valence-electron chi connectivity index (χ2n) is 4.54. The summed E-state index contributed by atoms with van der Waals surface area (Å²) < 4.78 is 11.7. The van der Waals surface area contributed by atoms with Crippen molar-refractivity contribution in [2.45, 2.75) is 38.3 Å². The normalized spacial score (nSPS) is 17.8. The van der Waals surface area contributed by atoms with E-state index in [1.807, 2.05) is 0 Å². The molecule has 0 aliphatic rings. The van der Waals surface area contributed by atoms with E-state index < -0.39 is 30.9 Å². The lowest BCUT2D eigenvalue weighted by Gasteiger charge is -2.23. The molecule has 0 saturated heterocycles. The predicted octanol–water partition coefficient (Wildman–Crippen LogP) is 2.18. The molecule has 0 aromatic rings. The van der Waals surface area contributed by atoms with Crippen molar-refractivity contribution in [1.29, 1.82) is 0 Å². The van der Waals surface area contributed by atoms with Crippen LogP contribution in [0.5, 0.6) is 0 Å². The molecule has 0 saturated carbocycles. The maximum absolute atomic E-state index is 11.7. The molecule has 110 valence electrons. The van der Waals surface area contributed by atoms with E-state index in [-0.39, 0.29) is 12.8 Å². The molecule has 3 unspecified atom stereocenters. The highest BCUT2D eigenvalue weighted by atomic mass is 31.2. The average molecular weight is 292 g/mol. The molecule has 3 N–H and O–H groups in total. The van der Waals surface area contributed by atoms with Gasteiger partial charge in [-0.25, -0.2) is 0 Å². The minimum absolute atomic E-state index is 0.0243. The number of unbranched alkanes of at least 4 members (excludes halogenated alkanes) is 1. The molecule has 0 radical (unpaired) electrons. The highest BCUT2D eigenvalue weighted by molar-refractivity contribution is 7.58. The molecule has 0 bridgehead atoms. The number of hydrogen-bond donors (Lipinski definition) is 3. The van der Waals surface area contributed by atoms with Gasteiger partial charge in [-0.3, -0.25) is 14.2 Å². The molecular formula is C12H21O6P. The highest BCUT2D eigenvalue weighted by Crippen LogP contribution is 2.47. The van der Waals surface area contributed by atoms with Crippen molar-refractivity contribution >= 4 is 19.3 Å². The van der Waals surface area contributed by atoms with Crippen LogP contribution in [0.1, 0.15) is 32.6 Å². The number of allylic oxidation sites excluding steroid dienone is 2. The van der Waals surface area contributed by atoms with Crippen molar-refractivity contribution < 1.29 is 29.3 Å². The van der Waals surface area contributed by atoms with Crippen LogP contribution in [-0.4, -0.2) is 39.4 Å². The van der Waals surface area contributed by atoms with E-state index in [4.69, 9.17) is 10.2 Å². The van der Waals surface area contributed by atoms with Gasteiger partial charge in [-0.2, -0.15) is 0 Å². The molecule has 0 spiro atoms. The molecule has 0 amide bonds. The van der Waals surface area contributed by atoms with Gasteiger partial charge in [0.2, 0.25) is 7.37 Å². The van der Waals surface area contributed by atoms with Gasteiger partial charge in [0.05, 0.1) is 11.6 Å². The first kappa shape index (κ1) is 17.9. The van der Waals surface area contributed by atoms with E-state index in [1.54, 1.807) is 13.0 Å². The molecule has 6 nitrogen and oxygen atoms in total. The smallest absolute Gasteiger partial charge is 0.307 e. The Morgan fingerprint density at radius 3 is 2.21 bits per heavy atom. The highest BCUT2D eigenvalue weighted by Gasteiger charge is 2.35. The summed E-state index contributed by atoms with van der Waals surface area (Å²) in [5, 5.41) is 17.7. The first-order valence-corrected chi connectivity index (χ1v) is 8.25. The molecule has 7 heteroatoms. The van der Waals surface area contributed by atoms with E-state index in [9.17, 15) is 19.0 Å². The van der Waals surface area contributed by atoms with Gasteiger partial charge in [0.15, 0.2) is 0 Å². The predicted molar refractivity (Wildman–Crippen MR) is 71.6 cm³/mol. The van der Waals surface area contributed by atoms with Gasteiger partial charge < -0.3 is 15.1 Å². The van der Waals surface area contributed by atoms with E-state index in [0.717, 1.165) is 6.66 Å². The van der Waals surface area contributed by atoms with Gasteiger partial charge in [0.1, 0.15) is 0 Å². The number of rotatable bonds is 9. The fraction of sp³-hybridized carbons (Fsp3) is 0.667. The lowest BCUT2D eigenvalue weighted by atomic mass is 9.97. The van der Waals surface area contributed by atoms with Crippen LogP contribution in [-0.2, 0) is 14.2 Å². The summed E-state index contributed by atoms with van der Waals surface area (Å²) in [5.41, 5.74) is -0.931. The third-order valence-corrected chi connectivity index (χ3v) is 4.47. The van der Waals surface area contributed by atoms with E-state index in [0.29, 0.717) is 12.8 Å². The van der Waals surface area contributed by atoms with Crippen molar-refractivity contribution in [2.24, 2.45) is 5.92 Å². The largest absolute Gasteiger partial charge is 0.481 e.